The number of rotatable bonds is 6. The Morgan fingerprint density at radius 2 is 1.59 bits per heavy atom. The van der Waals surface area contributed by atoms with Gasteiger partial charge in [0, 0.05) is 51.4 Å². The molecule has 0 bridgehead atoms. The molecular weight excluding hydrogens is 418 g/mol. The summed E-state index contributed by atoms with van der Waals surface area (Å²) in [6.45, 7) is 5.98. The van der Waals surface area contributed by atoms with Crippen LogP contribution < -0.4 is 5.32 Å². The summed E-state index contributed by atoms with van der Waals surface area (Å²) in [4.78, 5) is 17.4. The van der Waals surface area contributed by atoms with Crippen molar-refractivity contribution in [1.29, 1.82) is 0 Å². The summed E-state index contributed by atoms with van der Waals surface area (Å²) in [5.41, 5.74) is 5.20. The summed E-state index contributed by atoms with van der Waals surface area (Å²) in [5, 5.41) is 5.76. The van der Waals surface area contributed by atoms with E-state index in [4.69, 9.17) is 0 Å². The average Bonchev–Trinajstić information content (AvgIpc) is 3.27. The zero-order valence-electron chi connectivity index (χ0n) is 18.6. The van der Waals surface area contributed by atoms with E-state index < -0.39 is 0 Å². The highest BCUT2D eigenvalue weighted by molar-refractivity contribution is 5.91. The number of carbonyl (C=O) groups is 1. The Kier molecular flexibility index (Phi) is 7.46. The molecule has 2 aliphatic rings. The van der Waals surface area contributed by atoms with E-state index >= 15 is 0 Å². The number of nitrogens with zero attached hydrogens (tertiary/aromatic N) is 2. The summed E-state index contributed by atoms with van der Waals surface area (Å²) in [7, 11) is 0. The second-order valence-electron chi connectivity index (χ2n) is 8.89. The smallest absolute Gasteiger partial charge is 0.225 e. The molecule has 0 radical (unpaired) electrons. The number of hydrogen-bond acceptors (Lipinski definition) is 3. The van der Waals surface area contributed by atoms with Gasteiger partial charge < -0.3 is 10.2 Å². The number of hydrogen-bond donors (Lipinski definition) is 1. The molecule has 1 saturated heterocycles. The third-order valence-electron chi connectivity index (χ3n) is 6.78. The maximum Gasteiger partial charge on any atom is 0.225 e. The Morgan fingerprint density at radius 3 is 2.47 bits per heavy atom. The first-order valence-electron chi connectivity index (χ1n) is 11.6. The fraction of sp³-hybridized carbons (Fsp3) is 0.370. The Hall–Kier alpha value is -2.40. The van der Waals surface area contributed by atoms with Crippen LogP contribution in [0.4, 0.5) is 5.69 Å². The zero-order chi connectivity index (χ0) is 21.0. The van der Waals surface area contributed by atoms with E-state index in [1.165, 1.54) is 40.3 Å². The normalized spacial score (nSPS) is 16.5. The fourth-order valence-corrected chi connectivity index (χ4v) is 4.98. The van der Waals surface area contributed by atoms with Crippen LogP contribution in [0.1, 0.15) is 29.5 Å². The number of halogens is 1. The number of aryl methyl sites for hydroxylation is 2. The largest absolute Gasteiger partial charge is 0.326 e. The van der Waals surface area contributed by atoms with E-state index in [-0.39, 0.29) is 18.3 Å². The van der Waals surface area contributed by atoms with Gasteiger partial charge in [0.2, 0.25) is 5.91 Å². The molecule has 4 nitrogen and oxygen atoms in total. The third kappa shape index (κ3) is 5.32. The number of nitrogens with one attached hydrogen (secondary N) is 1. The lowest BCUT2D eigenvalue weighted by Gasteiger charge is -2.34. The highest BCUT2D eigenvalue weighted by atomic mass is 35.5. The van der Waals surface area contributed by atoms with Gasteiger partial charge in [-0.05, 0) is 58.9 Å². The quantitative estimate of drug-likeness (QED) is 0.581. The molecule has 168 valence electrons. The van der Waals surface area contributed by atoms with Crippen LogP contribution >= 0.6 is 12.4 Å². The first-order chi connectivity index (χ1) is 15.2. The van der Waals surface area contributed by atoms with Gasteiger partial charge in [-0.3, -0.25) is 9.69 Å². The highest BCUT2D eigenvalue weighted by Crippen LogP contribution is 2.25. The first kappa shape index (κ1) is 22.8. The van der Waals surface area contributed by atoms with Gasteiger partial charge in [0.15, 0.2) is 0 Å². The molecule has 1 N–H and O–H groups in total. The average molecular weight is 450 g/mol. The molecule has 0 unspecified atom stereocenters. The van der Waals surface area contributed by atoms with E-state index in [9.17, 15) is 4.79 Å². The molecule has 1 aliphatic heterocycles. The predicted octanol–water partition coefficient (Wildman–Crippen LogP) is 4.90. The summed E-state index contributed by atoms with van der Waals surface area (Å²) < 4.78 is 0. The molecule has 0 aromatic heterocycles. The molecule has 32 heavy (non-hydrogen) atoms. The van der Waals surface area contributed by atoms with Crippen molar-refractivity contribution < 1.29 is 4.79 Å². The Bertz CT molecular complexity index is 1070. The summed E-state index contributed by atoms with van der Waals surface area (Å²) in [6, 6.07) is 21.6. The minimum atomic E-state index is 0. The van der Waals surface area contributed by atoms with Gasteiger partial charge in [0.1, 0.15) is 0 Å². The molecule has 0 spiro atoms. The van der Waals surface area contributed by atoms with Crippen LogP contribution in [0.2, 0.25) is 0 Å². The number of anilines is 1. The Labute approximate surface area is 197 Å². The number of fused-ring (bicyclic) bond motifs is 2. The van der Waals surface area contributed by atoms with Crippen molar-refractivity contribution in [1.82, 2.24) is 9.80 Å². The van der Waals surface area contributed by atoms with Crippen LogP contribution in [0.25, 0.3) is 10.8 Å². The second-order valence-corrected chi connectivity index (χ2v) is 8.89. The van der Waals surface area contributed by atoms with Crippen LogP contribution in [0.15, 0.2) is 60.7 Å². The lowest BCUT2D eigenvalue weighted by atomic mass is 10.0. The van der Waals surface area contributed by atoms with Crippen molar-refractivity contribution in [2.24, 2.45) is 0 Å². The van der Waals surface area contributed by atoms with Crippen LogP contribution in [0, 0.1) is 0 Å². The zero-order valence-corrected chi connectivity index (χ0v) is 19.4. The van der Waals surface area contributed by atoms with Crippen LogP contribution in [0.5, 0.6) is 0 Å². The van der Waals surface area contributed by atoms with Crippen LogP contribution in [0.3, 0.4) is 0 Å². The van der Waals surface area contributed by atoms with E-state index in [2.05, 4.69) is 69.7 Å². The third-order valence-corrected chi connectivity index (χ3v) is 6.78. The number of amides is 1. The van der Waals surface area contributed by atoms with Gasteiger partial charge in [-0.15, -0.1) is 12.4 Å². The number of carbonyl (C=O) groups excluding carboxylic acids is 1. The minimum Gasteiger partial charge on any atom is -0.326 e. The number of piperazine rings is 1. The molecule has 0 atom stereocenters. The van der Waals surface area contributed by atoms with Crippen molar-refractivity contribution >= 4 is 34.8 Å². The second kappa shape index (κ2) is 10.5. The maximum atomic E-state index is 12.4. The summed E-state index contributed by atoms with van der Waals surface area (Å²) >= 11 is 0. The molecule has 1 fully saturated rings. The lowest BCUT2D eigenvalue weighted by molar-refractivity contribution is -0.116. The molecule has 5 heteroatoms. The van der Waals surface area contributed by atoms with Crippen molar-refractivity contribution in [3.63, 3.8) is 0 Å². The fourth-order valence-electron chi connectivity index (χ4n) is 4.98. The topological polar surface area (TPSA) is 35.6 Å². The van der Waals surface area contributed by atoms with Gasteiger partial charge >= 0.3 is 0 Å². The van der Waals surface area contributed by atoms with Gasteiger partial charge in [-0.1, -0.05) is 48.5 Å². The monoisotopic (exact) mass is 449 g/mol. The van der Waals surface area contributed by atoms with Crippen molar-refractivity contribution in [2.45, 2.75) is 32.2 Å². The summed E-state index contributed by atoms with van der Waals surface area (Å²) in [6.07, 6.45) is 4.11. The number of benzene rings is 3. The van der Waals surface area contributed by atoms with Crippen LogP contribution in [-0.4, -0.2) is 48.4 Å². The SMILES string of the molecule is Cl.O=C(CCN1CCN(Cc2cccc3ccccc23)CC1)Nc1ccc2c(c1)CCC2. The Balaban J connectivity index is 0.00000245. The van der Waals surface area contributed by atoms with Crippen LogP contribution in [-0.2, 0) is 24.2 Å². The molecule has 1 heterocycles. The standard InChI is InChI=1S/C27H31N3O.ClH/c31-27(28-25-12-11-21-6-3-8-23(21)19-25)13-14-29-15-17-30(18-16-29)20-24-9-4-7-22-5-1-2-10-26(22)24;/h1-2,4-5,7,9-12,19H,3,6,8,13-18,20H2,(H,28,31);1H. The van der Waals surface area contributed by atoms with E-state index in [0.717, 1.165) is 51.4 Å². The highest BCUT2D eigenvalue weighted by Gasteiger charge is 2.18. The first-order valence-corrected chi connectivity index (χ1v) is 11.6. The van der Waals surface area contributed by atoms with E-state index in [0.29, 0.717) is 6.42 Å². The molecule has 3 aromatic rings. The molecule has 0 saturated carbocycles. The minimum absolute atomic E-state index is 0. The van der Waals surface area contributed by atoms with Gasteiger partial charge in [0.05, 0.1) is 0 Å². The van der Waals surface area contributed by atoms with E-state index in [1.807, 2.05) is 6.07 Å². The maximum absolute atomic E-state index is 12.4. The summed E-state index contributed by atoms with van der Waals surface area (Å²) in [5.74, 6) is 0.121. The van der Waals surface area contributed by atoms with Crippen molar-refractivity contribution in [3.8, 4) is 0 Å². The molecule has 5 rings (SSSR count). The molecule has 1 amide bonds. The van der Waals surface area contributed by atoms with Gasteiger partial charge in [-0.2, -0.15) is 0 Å². The van der Waals surface area contributed by atoms with Gasteiger partial charge in [0.25, 0.3) is 0 Å². The van der Waals surface area contributed by atoms with E-state index in [1.54, 1.807) is 0 Å². The van der Waals surface area contributed by atoms with Crippen molar-refractivity contribution in [3.05, 3.63) is 77.4 Å². The lowest BCUT2D eigenvalue weighted by Crippen LogP contribution is -2.46. The Morgan fingerprint density at radius 1 is 0.844 bits per heavy atom. The predicted molar refractivity (Wildman–Crippen MR) is 135 cm³/mol. The van der Waals surface area contributed by atoms with Gasteiger partial charge in [-0.25, -0.2) is 0 Å². The molecular formula is C27H32ClN3O. The van der Waals surface area contributed by atoms with Crippen molar-refractivity contribution in [2.75, 3.05) is 38.0 Å². The molecule has 1 aliphatic carbocycles. The molecule has 3 aromatic carbocycles.